The molecule has 4 aromatic rings. The number of aliphatic hydroxyl groups excluding tert-OH is 1. The zero-order chi connectivity index (χ0) is 22.9. The van der Waals surface area contributed by atoms with Gasteiger partial charge in [0.2, 0.25) is 0 Å². The average molecular weight is 512 g/mol. The molecule has 2 fully saturated rings. The smallest absolute Gasteiger partial charge is 0.164 e. The molecule has 1 saturated heterocycles. The Morgan fingerprint density at radius 1 is 1.27 bits per heavy atom. The number of nitrogen functional groups attached to an aromatic ring is 1. The second kappa shape index (κ2) is 7.36. The molecule has 6 rings (SSSR count). The normalized spacial score (nSPS) is 29.1. The van der Waals surface area contributed by atoms with Crippen LogP contribution in [0.25, 0.3) is 21.9 Å². The molecule has 1 aliphatic heterocycles. The van der Waals surface area contributed by atoms with Crippen molar-refractivity contribution < 1.29 is 19.7 Å². The number of anilines is 1. The van der Waals surface area contributed by atoms with Crippen LogP contribution in [-0.2, 0) is 4.74 Å². The van der Waals surface area contributed by atoms with E-state index in [2.05, 4.69) is 30.9 Å². The summed E-state index contributed by atoms with van der Waals surface area (Å²) in [6.45, 7) is 1.90. The fraction of sp³-hybridized carbons (Fsp3) is 0.348. The third kappa shape index (κ3) is 3.12. The van der Waals surface area contributed by atoms with Gasteiger partial charge in [0.15, 0.2) is 6.23 Å². The number of benzene rings is 1. The van der Waals surface area contributed by atoms with Crippen molar-refractivity contribution in [1.29, 1.82) is 0 Å². The first-order valence-corrected chi connectivity index (χ1v) is 11.5. The van der Waals surface area contributed by atoms with Crippen molar-refractivity contribution in [2.45, 2.75) is 49.9 Å². The summed E-state index contributed by atoms with van der Waals surface area (Å²) in [6, 6.07) is 9.37. The second-order valence-corrected chi connectivity index (χ2v) is 9.56. The van der Waals surface area contributed by atoms with Gasteiger partial charge in [0.25, 0.3) is 0 Å². The van der Waals surface area contributed by atoms with E-state index in [0.717, 1.165) is 20.9 Å². The summed E-state index contributed by atoms with van der Waals surface area (Å²) < 4.78 is 15.0. The van der Waals surface area contributed by atoms with Crippen molar-refractivity contribution in [3.8, 4) is 5.75 Å². The van der Waals surface area contributed by atoms with E-state index in [1.54, 1.807) is 10.8 Å². The summed E-state index contributed by atoms with van der Waals surface area (Å²) in [5, 5.41) is 24.2. The number of nitrogens with zero attached hydrogens (tertiary/aromatic N) is 4. The molecule has 33 heavy (non-hydrogen) atoms. The van der Waals surface area contributed by atoms with Crippen molar-refractivity contribution in [2.24, 2.45) is 0 Å². The van der Waals surface area contributed by atoms with Gasteiger partial charge in [-0.2, -0.15) is 0 Å². The zero-order valence-corrected chi connectivity index (χ0v) is 19.3. The lowest BCUT2D eigenvalue weighted by atomic mass is 9.94. The highest BCUT2D eigenvalue weighted by Gasteiger charge is 2.62. The predicted octanol–water partition coefficient (Wildman–Crippen LogP) is 2.86. The standard InChI is InChI=1S/C23H22BrN5O4/c1-11-14-5-7-29(21(14)27-10-26-11)22-18(30)23(31)6-4-17(19(23)33-22)32-13-3-2-12-8-15(24)20(25)28-16(12)9-13/h2-3,5,7-10,17-19,22,30-31H,4,6H2,1H3,(H2,25,28)/t17-,18?,19+,22+,23-/m0/s1. The Kier molecular flexibility index (Phi) is 4.64. The number of halogens is 1. The monoisotopic (exact) mass is 511 g/mol. The maximum atomic E-state index is 11.3. The fourth-order valence-electron chi connectivity index (χ4n) is 5.01. The Balaban J connectivity index is 1.29. The van der Waals surface area contributed by atoms with Crippen LogP contribution in [0.5, 0.6) is 5.75 Å². The summed E-state index contributed by atoms with van der Waals surface area (Å²) in [5.41, 5.74) is 6.70. The number of aryl methyl sites for hydroxylation is 1. The van der Waals surface area contributed by atoms with E-state index in [9.17, 15) is 10.2 Å². The molecule has 170 valence electrons. The summed E-state index contributed by atoms with van der Waals surface area (Å²) >= 11 is 3.39. The predicted molar refractivity (Wildman–Crippen MR) is 125 cm³/mol. The van der Waals surface area contributed by atoms with E-state index in [0.29, 0.717) is 35.6 Å². The molecule has 1 saturated carbocycles. The SMILES string of the molecule is Cc1ncnc2c1ccn2[C@@H]1O[C@@H]2[C@@H](Oc3ccc4cc(Br)c(N)nc4c3)CC[C@]2(O)C1O. The molecule has 3 aromatic heterocycles. The molecule has 5 atom stereocenters. The molecule has 2 aliphatic rings. The van der Waals surface area contributed by atoms with E-state index in [1.165, 1.54) is 6.33 Å². The summed E-state index contributed by atoms with van der Waals surface area (Å²) in [7, 11) is 0. The van der Waals surface area contributed by atoms with Crippen LogP contribution in [-0.4, -0.2) is 53.6 Å². The van der Waals surface area contributed by atoms with Gasteiger partial charge >= 0.3 is 0 Å². The second-order valence-electron chi connectivity index (χ2n) is 8.71. The average Bonchev–Trinajstić information content (AvgIpc) is 3.42. The Morgan fingerprint density at radius 2 is 2.12 bits per heavy atom. The van der Waals surface area contributed by atoms with Gasteiger partial charge in [-0.05, 0) is 60.0 Å². The van der Waals surface area contributed by atoms with Crippen LogP contribution in [0.15, 0.2) is 47.3 Å². The third-order valence-electron chi connectivity index (χ3n) is 6.77. The molecular weight excluding hydrogens is 490 g/mol. The van der Waals surface area contributed by atoms with Crippen molar-refractivity contribution >= 4 is 43.7 Å². The molecule has 1 aliphatic carbocycles. The highest BCUT2D eigenvalue weighted by molar-refractivity contribution is 9.10. The Labute approximate surface area is 197 Å². The molecule has 0 spiro atoms. The molecule has 9 nitrogen and oxygen atoms in total. The van der Waals surface area contributed by atoms with Gasteiger partial charge in [-0.25, -0.2) is 15.0 Å². The highest BCUT2D eigenvalue weighted by atomic mass is 79.9. The van der Waals surface area contributed by atoms with Gasteiger partial charge in [-0.15, -0.1) is 0 Å². The minimum Gasteiger partial charge on any atom is -0.488 e. The van der Waals surface area contributed by atoms with Gasteiger partial charge in [-0.1, -0.05) is 0 Å². The van der Waals surface area contributed by atoms with Crippen molar-refractivity contribution in [3.63, 3.8) is 0 Å². The minimum absolute atomic E-state index is 0.360. The van der Waals surface area contributed by atoms with Crippen LogP contribution < -0.4 is 10.5 Å². The third-order valence-corrected chi connectivity index (χ3v) is 7.40. The largest absolute Gasteiger partial charge is 0.488 e. The van der Waals surface area contributed by atoms with E-state index in [4.69, 9.17) is 15.2 Å². The number of nitrogens with two attached hydrogens (primary N) is 1. The Morgan fingerprint density at radius 3 is 2.97 bits per heavy atom. The van der Waals surface area contributed by atoms with E-state index in [-0.39, 0.29) is 0 Å². The minimum atomic E-state index is -1.42. The number of hydrogen-bond acceptors (Lipinski definition) is 8. The Hall–Kier alpha value is -2.79. The maximum Gasteiger partial charge on any atom is 0.164 e. The van der Waals surface area contributed by atoms with Crippen molar-refractivity contribution in [3.05, 3.63) is 53.0 Å². The molecule has 4 heterocycles. The summed E-state index contributed by atoms with van der Waals surface area (Å²) in [6.07, 6.45) is 1.15. The van der Waals surface area contributed by atoms with Gasteiger partial charge in [-0.3, -0.25) is 0 Å². The summed E-state index contributed by atoms with van der Waals surface area (Å²) in [4.78, 5) is 13.0. The van der Waals surface area contributed by atoms with Crippen LogP contribution >= 0.6 is 15.9 Å². The van der Waals surface area contributed by atoms with E-state index >= 15 is 0 Å². The molecule has 0 bridgehead atoms. The van der Waals surface area contributed by atoms with E-state index < -0.39 is 30.1 Å². The molecule has 4 N–H and O–H groups in total. The van der Waals surface area contributed by atoms with Gasteiger partial charge in [0.05, 0.1) is 15.7 Å². The zero-order valence-electron chi connectivity index (χ0n) is 17.7. The lowest BCUT2D eigenvalue weighted by Crippen LogP contribution is -2.47. The van der Waals surface area contributed by atoms with Crippen molar-refractivity contribution in [1.82, 2.24) is 19.5 Å². The fourth-order valence-corrected chi connectivity index (χ4v) is 5.34. The molecule has 0 amide bonds. The lowest BCUT2D eigenvalue weighted by Gasteiger charge is -2.26. The number of hydrogen-bond donors (Lipinski definition) is 3. The van der Waals surface area contributed by atoms with E-state index in [1.807, 2.05) is 37.3 Å². The van der Waals surface area contributed by atoms with Gasteiger partial charge < -0.3 is 30.0 Å². The maximum absolute atomic E-state index is 11.3. The number of fused-ring (bicyclic) bond motifs is 3. The Bertz CT molecular complexity index is 1390. The van der Waals surface area contributed by atoms with Gasteiger partial charge in [0.1, 0.15) is 47.5 Å². The molecule has 10 heteroatoms. The number of rotatable bonds is 3. The lowest BCUT2D eigenvalue weighted by molar-refractivity contribution is -0.0791. The topological polar surface area (TPSA) is 129 Å². The molecule has 0 radical (unpaired) electrons. The summed E-state index contributed by atoms with van der Waals surface area (Å²) in [5.74, 6) is 1.00. The highest BCUT2D eigenvalue weighted by Crippen LogP contribution is 2.48. The van der Waals surface area contributed by atoms with Gasteiger partial charge in [0, 0.05) is 23.0 Å². The van der Waals surface area contributed by atoms with Crippen LogP contribution in [0.2, 0.25) is 0 Å². The number of ether oxygens (including phenoxy) is 2. The quantitative estimate of drug-likeness (QED) is 0.382. The molecular formula is C23H22BrN5O4. The number of pyridine rings is 1. The van der Waals surface area contributed by atoms with Crippen LogP contribution in [0.4, 0.5) is 5.82 Å². The first-order chi connectivity index (χ1) is 15.8. The number of aromatic nitrogens is 4. The molecule has 1 aromatic carbocycles. The van der Waals surface area contributed by atoms with Crippen LogP contribution in [0.3, 0.4) is 0 Å². The van der Waals surface area contributed by atoms with Crippen LogP contribution in [0.1, 0.15) is 24.8 Å². The number of aliphatic hydroxyl groups is 2. The first kappa shape index (κ1) is 20.8. The van der Waals surface area contributed by atoms with Crippen molar-refractivity contribution in [2.75, 3.05) is 5.73 Å². The molecule has 1 unspecified atom stereocenters. The van der Waals surface area contributed by atoms with Crippen LogP contribution in [0, 0.1) is 6.92 Å². The first-order valence-electron chi connectivity index (χ1n) is 10.7.